The minimum absolute atomic E-state index is 0.0699. The highest BCUT2D eigenvalue weighted by atomic mass is 32.2. The predicted molar refractivity (Wildman–Crippen MR) is 127 cm³/mol. The quantitative estimate of drug-likeness (QED) is 0.286. The van der Waals surface area contributed by atoms with E-state index >= 15 is 0 Å². The Morgan fingerprint density at radius 1 is 1.09 bits per heavy atom. The average Bonchev–Trinajstić information content (AvgIpc) is 2.77. The minimum Gasteiger partial charge on any atom is -0.487 e. The van der Waals surface area contributed by atoms with Gasteiger partial charge in [0.2, 0.25) is 10.0 Å². The number of hydrogen-bond acceptors (Lipinski definition) is 9. The fraction of sp³-hybridized carbons (Fsp3) is 0.500. The fourth-order valence-corrected chi connectivity index (χ4v) is 4.31. The lowest BCUT2D eigenvalue weighted by atomic mass is 10.2. The molecule has 0 spiro atoms. The molecule has 1 saturated heterocycles. The molecule has 0 aliphatic carbocycles. The Labute approximate surface area is 196 Å². The molecule has 14 heteroatoms. The van der Waals surface area contributed by atoms with E-state index in [2.05, 4.69) is 9.62 Å². The van der Waals surface area contributed by atoms with E-state index in [4.69, 9.17) is 4.74 Å². The van der Waals surface area contributed by atoms with Gasteiger partial charge in [0.15, 0.2) is 5.75 Å². The van der Waals surface area contributed by atoms with Gasteiger partial charge in [-0.25, -0.2) is 13.2 Å². The fourth-order valence-electron chi connectivity index (χ4n) is 3.76. The Balaban J connectivity index is 1.51. The Morgan fingerprint density at radius 3 is 2.38 bits per heavy atom. The van der Waals surface area contributed by atoms with Crippen LogP contribution in [0.5, 0.6) is 5.75 Å². The van der Waals surface area contributed by atoms with E-state index in [1.807, 2.05) is 4.90 Å². The zero-order valence-electron chi connectivity index (χ0n) is 19.3. The van der Waals surface area contributed by atoms with Crippen molar-refractivity contribution >= 4 is 27.2 Å². The first-order chi connectivity index (χ1) is 16.0. The van der Waals surface area contributed by atoms with Gasteiger partial charge in [0.05, 0.1) is 23.5 Å². The van der Waals surface area contributed by atoms with Gasteiger partial charge in [-0.15, -0.1) is 0 Å². The van der Waals surface area contributed by atoms with E-state index in [9.17, 15) is 28.1 Å². The van der Waals surface area contributed by atoms with Gasteiger partial charge in [-0.2, -0.15) is 0 Å². The van der Waals surface area contributed by atoms with Crippen LogP contribution in [0.25, 0.3) is 0 Å². The van der Waals surface area contributed by atoms with Crippen molar-refractivity contribution in [3.63, 3.8) is 0 Å². The lowest BCUT2D eigenvalue weighted by Crippen LogP contribution is -2.49. The van der Waals surface area contributed by atoms with Crippen molar-refractivity contribution in [2.24, 2.45) is 14.1 Å². The smallest absolute Gasteiger partial charge is 0.332 e. The van der Waals surface area contributed by atoms with Crippen LogP contribution in [0.4, 0.5) is 17.2 Å². The van der Waals surface area contributed by atoms with Crippen LogP contribution in [0.2, 0.25) is 0 Å². The average molecular weight is 497 g/mol. The summed E-state index contributed by atoms with van der Waals surface area (Å²) in [5.74, 6) is 0.664. The molecular formula is C20H28N6O7S. The standard InChI is InChI=1S/C20H28N6O7S/c1-22-18(14-19(27)23(2)20(22)28)25-10-8-24(9-11-25)7-4-12-33-17-6-5-15(21-34(3,31)32)13-16(17)26(29)30/h5-6,13-14,21H,4,7-12H2,1-3H3. The van der Waals surface area contributed by atoms with E-state index in [-0.39, 0.29) is 35.0 Å². The topological polar surface area (TPSA) is 149 Å². The molecule has 1 N–H and O–H groups in total. The first kappa shape index (κ1) is 25.2. The Hall–Kier alpha value is -3.39. The van der Waals surface area contributed by atoms with Crippen LogP contribution in [0, 0.1) is 10.1 Å². The molecule has 3 rings (SSSR count). The molecule has 0 saturated carbocycles. The van der Waals surface area contributed by atoms with Gasteiger partial charge in [-0.1, -0.05) is 0 Å². The normalized spacial score (nSPS) is 14.7. The predicted octanol–water partition coefficient (Wildman–Crippen LogP) is -0.0452. The van der Waals surface area contributed by atoms with Crippen LogP contribution in [0.15, 0.2) is 33.9 Å². The molecule has 1 aliphatic heterocycles. The zero-order chi connectivity index (χ0) is 25.0. The molecule has 1 fully saturated rings. The molecular weight excluding hydrogens is 468 g/mol. The minimum atomic E-state index is -3.55. The number of piperazine rings is 1. The van der Waals surface area contributed by atoms with Crippen molar-refractivity contribution in [3.05, 3.63) is 55.2 Å². The first-order valence-electron chi connectivity index (χ1n) is 10.6. The number of nitro benzene ring substituents is 1. The van der Waals surface area contributed by atoms with Gasteiger partial charge >= 0.3 is 11.4 Å². The van der Waals surface area contributed by atoms with Gasteiger partial charge < -0.3 is 9.64 Å². The number of hydrogen-bond donors (Lipinski definition) is 1. The molecule has 1 aromatic carbocycles. The van der Waals surface area contributed by atoms with Crippen molar-refractivity contribution < 1.29 is 18.1 Å². The highest BCUT2D eigenvalue weighted by Crippen LogP contribution is 2.30. The Kier molecular flexibility index (Phi) is 7.61. The van der Waals surface area contributed by atoms with Crippen LogP contribution >= 0.6 is 0 Å². The molecule has 2 aromatic rings. The molecule has 13 nitrogen and oxygen atoms in total. The van der Waals surface area contributed by atoms with Crippen molar-refractivity contribution in [3.8, 4) is 5.75 Å². The largest absolute Gasteiger partial charge is 0.487 e. The maximum Gasteiger partial charge on any atom is 0.332 e. The molecule has 0 unspecified atom stereocenters. The zero-order valence-corrected chi connectivity index (χ0v) is 20.1. The number of ether oxygens (including phenoxy) is 1. The number of sulfonamides is 1. The summed E-state index contributed by atoms with van der Waals surface area (Å²) in [6.07, 6.45) is 1.59. The number of nitrogens with one attached hydrogen (secondary N) is 1. The number of nitro groups is 1. The number of anilines is 2. The van der Waals surface area contributed by atoms with Crippen molar-refractivity contribution in [1.29, 1.82) is 0 Å². The summed E-state index contributed by atoms with van der Waals surface area (Å²) in [6.45, 7) is 3.74. The maximum absolute atomic E-state index is 12.2. The third-order valence-corrected chi connectivity index (χ3v) is 6.14. The van der Waals surface area contributed by atoms with Crippen LogP contribution in [-0.2, 0) is 24.1 Å². The van der Waals surface area contributed by atoms with Gasteiger partial charge in [0, 0.05) is 59.0 Å². The summed E-state index contributed by atoms with van der Waals surface area (Å²) in [5.41, 5.74) is -0.932. The number of rotatable bonds is 9. The SMILES string of the molecule is Cn1c(N2CCN(CCCOc3ccc(NS(C)(=O)=O)cc3[N+](=O)[O-])CC2)cc(=O)n(C)c1=O. The van der Waals surface area contributed by atoms with Crippen molar-refractivity contribution in [2.75, 3.05) is 55.2 Å². The van der Waals surface area contributed by atoms with Crippen LogP contribution in [0.1, 0.15) is 6.42 Å². The van der Waals surface area contributed by atoms with Gasteiger partial charge in [0.1, 0.15) is 5.82 Å². The molecule has 186 valence electrons. The molecule has 34 heavy (non-hydrogen) atoms. The third kappa shape index (κ3) is 6.14. The monoisotopic (exact) mass is 496 g/mol. The lowest BCUT2D eigenvalue weighted by molar-refractivity contribution is -0.385. The van der Waals surface area contributed by atoms with Gasteiger partial charge in [-0.05, 0) is 18.6 Å². The molecule has 0 bridgehead atoms. The summed E-state index contributed by atoms with van der Waals surface area (Å²) in [5, 5.41) is 11.3. The maximum atomic E-state index is 12.2. The summed E-state index contributed by atoms with van der Waals surface area (Å²) >= 11 is 0. The van der Waals surface area contributed by atoms with Crippen molar-refractivity contribution in [2.45, 2.75) is 6.42 Å². The molecule has 2 heterocycles. The van der Waals surface area contributed by atoms with E-state index in [1.165, 1.54) is 29.8 Å². The van der Waals surface area contributed by atoms with E-state index < -0.39 is 14.9 Å². The molecule has 1 aromatic heterocycles. The second kappa shape index (κ2) is 10.3. The first-order valence-corrected chi connectivity index (χ1v) is 12.5. The summed E-state index contributed by atoms with van der Waals surface area (Å²) in [7, 11) is -0.461. The molecule has 1 aliphatic rings. The summed E-state index contributed by atoms with van der Waals surface area (Å²) in [6, 6.07) is 5.37. The van der Waals surface area contributed by atoms with Crippen LogP contribution in [0.3, 0.4) is 0 Å². The Bertz CT molecular complexity index is 1280. The summed E-state index contributed by atoms with van der Waals surface area (Å²) < 4.78 is 33.0. The highest BCUT2D eigenvalue weighted by Gasteiger charge is 2.21. The van der Waals surface area contributed by atoms with E-state index in [1.54, 1.807) is 7.05 Å². The number of aromatic nitrogens is 2. The third-order valence-electron chi connectivity index (χ3n) is 5.53. The lowest BCUT2D eigenvalue weighted by Gasteiger charge is -2.36. The van der Waals surface area contributed by atoms with Crippen LogP contribution < -0.4 is 25.6 Å². The molecule has 0 atom stereocenters. The molecule has 0 radical (unpaired) electrons. The second-order valence-corrected chi connectivity index (χ2v) is 9.83. The second-order valence-electron chi connectivity index (χ2n) is 8.09. The van der Waals surface area contributed by atoms with Crippen molar-refractivity contribution in [1.82, 2.24) is 14.0 Å². The summed E-state index contributed by atoms with van der Waals surface area (Å²) in [4.78, 5) is 39.1. The Morgan fingerprint density at radius 2 is 1.76 bits per heavy atom. The van der Waals surface area contributed by atoms with E-state index in [0.29, 0.717) is 31.9 Å². The van der Waals surface area contributed by atoms with E-state index in [0.717, 1.165) is 30.0 Å². The van der Waals surface area contributed by atoms with Gasteiger partial charge in [0.25, 0.3) is 5.56 Å². The number of benzene rings is 1. The highest BCUT2D eigenvalue weighted by molar-refractivity contribution is 7.92. The number of nitrogens with zero attached hydrogens (tertiary/aromatic N) is 5. The van der Waals surface area contributed by atoms with Crippen LogP contribution in [-0.4, -0.2) is 73.0 Å². The van der Waals surface area contributed by atoms with Gasteiger partial charge in [-0.3, -0.25) is 33.7 Å². The molecule has 0 amide bonds.